The molecule has 5 N–H and O–H groups in total. The fraction of sp³-hybridized carbons (Fsp3) is 0.833. The summed E-state index contributed by atoms with van der Waals surface area (Å²) in [6.45, 7) is 6.51. The molecule has 6 nitrogen and oxygen atoms in total. The number of hydrogen-bond donors (Lipinski definition) is 4. The number of nitrogens with zero attached hydrogens (tertiary/aromatic N) is 1. The van der Waals surface area contributed by atoms with Gasteiger partial charge < -0.3 is 21.6 Å². The number of amidine groups is 1. The van der Waals surface area contributed by atoms with Gasteiger partial charge in [0.1, 0.15) is 5.84 Å². The molecule has 1 unspecified atom stereocenters. The highest BCUT2D eigenvalue weighted by molar-refractivity contribution is 5.85. The highest BCUT2D eigenvalue weighted by atomic mass is 16.4. The predicted molar refractivity (Wildman–Crippen MR) is 72.6 cm³/mol. The quantitative estimate of drug-likeness (QED) is 0.169. The monoisotopic (exact) mass is 258 g/mol. The van der Waals surface area contributed by atoms with E-state index in [4.69, 9.17) is 10.9 Å². The van der Waals surface area contributed by atoms with E-state index in [2.05, 4.69) is 15.8 Å². The molecule has 0 aliphatic carbocycles. The number of oxime groups is 1. The summed E-state index contributed by atoms with van der Waals surface area (Å²) in [4.78, 5) is 11.2. The molecule has 0 spiro atoms. The molecule has 106 valence electrons. The summed E-state index contributed by atoms with van der Waals surface area (Å²) in [6, 6.07) is -0.174. The van der Waals surface area contributed by atoms with Gasteiger partial charge in [0.05, 0.1) is 6.04 Å². The van der Waals surface area contributed by atoms with E-state index in [1.54, 1.807) is 7.05 Å². The third-order valence-electron chi connectivity index (χ3n) is 3.12. The Morgan fingerprint density at radius 2 is 2.06 bits per heavy atom. The van der Waals surface area contributed by atoms with Crippen LogP contribution in [-0.2, 0) is 4.79 Å². The van der Waals surface area contributed by atoms with E-state index in [-0.39, 0.29) is 23.2 Å². The molecule has 0 saturated carbocycles. The topological polar surface area (TPSA) is 99.7 Å². The molecular formula is C12H26N4O2. The van der Waals surface area contributed by atoms with Crippen molar-refractivity contribution in [1.29, 1.82) is 0 Å². The summed E-state index contributed by atoms with van der Waals surface area (Å²) in [5, 5.41) is 17.4. The maximum absolute atomic E-state index is 11.2. The number of rotatable bonds is 8. The first-order chi connectivity index (χ1) is 8.35. The van der Waals surface area contributed by atoms with Crippen LogP contribution in [0.3, 0.4) is 0 Å². The number of hydrogen-bond acceptors (Lipinski definition) is 4. The molecule has 0 aliphatic heterocycles. The zero-order chi connectivity index (χ0) is 14.2. The lowest BCUT2D eigenvalue weighted by molar-refractivity contribution is -0.122. The normalized spacial score (nSPS) is 14.3. The number of nitrogens with one attached hydrogen (secondary N) is 2. The largest absolute Gasteiger partial charge is 0.409 e. The molecule has 0 aromatic heterocycles. The lowest BCUT2D eigenvalue weighted by atomic mass is 9.86. The molecule has 0 radical (unpaired) electrons. The smallest absolute Gasteiger partial charge is 0.236 e. The van der Waals surface area contributed by atoms with Gasteiger partial charge in [0.15, 0.2) is 0 Å². The van der Waals surface area contributed by atoms with E-state index in [9.17, 15) is 4.79 Å². The van der Waals surface area contributed by atoms with Gasteiger partial charge >= 0.3 is 0 Å². The molecular weight excluding hydrogens is 232 g/mol. The van der Waals surface area contributed by atoms with Gasteiger partial charge in [-0.2, -0.15) is 0 Å². The molecule has 0 aromatic rings. The van der Waals surface area contributed by atoms with E-state index in [0.29, 0.717) is 0 Å². The Morgan fingerprint density at radius 3 is 2.56 bits per heavy atom. The standard InChI is InChI=1S/C12H26N4O2/c1-9(10(17)14-4)15-8-6-5-7-12(2,3)11(13)16-18/h9,15,18H,5-8H2,1-4H3,(H2,13,16)(H,14,17). The number of nitrogens with two attached hydrogens (primary N) is 1. The zero-order valence-corrected chi connectivity index (χ0v) is 11.8. The molecule has 0 bridgehead atoms. The summed E-state index contributed by atoms with van der Waals surface area (Å²) >= 11 is 0. The van der Waals surface area contributed by atoms with Crippen molar-refractivity contribution in [2.45, 2.75) is 46.1 Å². The van der Waals surface area contributed by atoms with Gasteiger partial charge in [-0.15, -0.1) is 0 Å². The zero-order valence-electron chi connectivity index (χ0n) is 11.8. The Bertz CT molecular complexity index is 290. The number of carbonyl (C=O) groups is 1. The van der Waals surface area contributed by atoms with Crippen molar-refractivity contribution in [3.63, 3.8) is 0 Å². The van der Waals surface area contributed by atoms with Gasteiger partial charge in [-0.05, 0) is 26.3 Å². The molecule has 0 aromatic carbocycles. The lowest BCUT2D eigenvalue weighted by Gasteiger charge is -2.22. The number of unbranched alkanes of at least 4 members (excludes halogenated alkanes) is 1. The fourth-order valence-corrected chi connectivity index (χ4v) is 1.58. The highest BCUT2D eigenvalue weighted by Gasteiger charge is 2.22. The number of carbonyl (C=O) groups excluding carboxylic acids is 1. The van der Waals surface area contributed by atoms with Crippen LogP contribution in [0.4, 0.5) is 0 Å². The second-order valence-corrected chi connectivity index (χ2v) is 5.12. The van der Waals surface area contributed by atoms with Crippen molar-refractivity contribution in [3.8, 4) is 0 Å². The van der Waals surface area contributed by atoms with E-state index in [1.165, 1.54) is 0 Å². The van der Waals surface area contributed by atoms with Gasteiger partial charge in [0, 0.05) is 12.5 Å². The molecule has 0 heterocycles. The van der Waals surface area contributed by atoms with Crippen molar-refractivity contribution < 1.29 is 10.0 Å². The van der Waals surface area contributed by atoms with Gasteiger partial charge in [-0.1, -0.05) is 25.4 Å². The van der Waals surface area contributed by atoms with Crippen LogP contribution >= 0.6 is 0 Å². The Labute approximate surface area is 109 Å². The minimum atomic E-state index is -0.291. The summed E-state index contributed by atoms with van der Waals surface area (Å²) in [5.74, 6) is 0.251. The summed E-state index contributed by atoms with van der Waals surface area (Å²) in [5.41, 5.74) is 5.31. The first-order valence-electron chi connectivity index (χ1n) is 6.28. The summed E-state index contributed by atoms with van der Waals surface area (Å²) in [6.07, 6.45) is 2.75. The predicted octanol–water partition coefficient (Wildman–Crippen LogP) is 0.653. The Kier molecular flexibility index (Phi) is 7.35. The maximum Gasteiger partial charge on any atom is 0.236 e. The molecule has 0 saturated heterocycles. The third-order valence-corrected chi connectivity index (χ3v) is 3.12. The Hall–Kier alpha value is -1.30. The molecule has 0 fully saturated rings. The Balaban J connectivity index is 3.78. The van der Waals surface area contributed by atoms with Crippen molar-refractivity contribution >= 4 is 11.7 Å². The fourth-order valence-electron chi connectivity index (χ4n) is 1.58. The molecule has 0 aliphatic rings. The average Bonchev–Trinajstić information content (AvgIpc) is 2.35. The molecule has 6 heteroatoms. The lowest BCUT2D eigenvalue weighted by Crippen LogP contribution is -2.41. The van der Waals surface area contributed by atoms with Crippen LogP contribution < -0.4 is 16.4 Å². The van der Waals surface area contributed by atoms with E-state index >= 15 is 0 Å². The van der Waals surface area contributed by atoms with Crippen LogP contribution in [0.15, 0.2) is 5.16 Å². The van der Waals surface area contributed by atoms with Crippen LogP contribution in [0.5, 0.6) is 0 Å². The Morgan fingerprint density at radius 1 is 1.44 bits per heavy atom. The van der Waals surface area contributed by atoms with Gasteiger partial charge in [0.25, 0.3) is 0 Å². The van der Waals surface area contributed by atoms with Gasteiger partial charge in [-0.3, -0.25) is 4.79 Å². The van der Waals surface area contributed by atoms with Crippen molar-refractivity contribution in [3.05, 3.63) is 0 Å². The summed E-state index contributed by atoms with van der Waals surface area (Å²) in [7, 11) is 1.63. The SMILES string of the molecule is CNC(=O)C(C)NCCCCC(C)(C)C(N)=NO. The molecule has 0 rings (SSSR count). The van der Waals surface area contributed by atoms with Crippen LogP contribution in [0.1, 0.15) is 40.0 Å². The van der Waals surface area contributed by atoms with Crippen molar-refractivity contribution in [2.24, 2.45) is 16.3 Å². The van der Waals surface area contributed by atoms with Gasteiger partial charge in [0.2, 0.25) is 5.91 Å². The minimum Gasteiger partial charge on any atom is -0.409 e. The van der Waals surface area contributed by atoms with Gasteiger partial charge in [-0.25, -0.2) is 0 Å². The molecule has 1 atom stereocenters. The minimum absolute atomic E-state index is 0.00742. The second-order valence-electron chi connectivity index (χ2n) is 5.12. The van der Waals surface area contributed by atoms with Crippen LogP contribution in [0.2, 0.25) is 0 Å². The van der Waals surface area contributed by atoms with Crippen molar-refractivity contribution in [2.75, 3.05) is 13.6 Å². The van der Waals surface area contributed by atoms with E-state index in [0.717, 1.165) is 25.8 Å². The first-order valence-corrected chi connectivity index (χ1v) is 6.28. The highest BCUT2D eigenvalue weighted by Crippen LogP contribution is 2.23. The van der Waals surface area contributed by atoms with Crippen LogP contribution in [0, 0.1) is 5.41 Å². The molecule has 1 amide bonds. The number of likely N-dealkylation sites (N-methyl/N-ethyl adjacent to an activating group) is 1. The first kappa shape index (κ1) is 16.7. The van der Waals surface area contributed by atoms with E-state index in [1.807, 2.05) is 20.8 Å². The van der Waals surface area contributed by atoms with Crippen LogP contribution in [0.25, 0.3) is 0 Å². The summed E-state index contributed by atoms with van der Waals surface area (Å²) < 4.78 is 0. The van der Waals surface area contributed by atoms with Crippen molar-refractivity contribution in [1.82, 2.24) is 10.6 Å². The maximum atomic E-state index is 11.2. The third kappa shape index (κ3) is 5.86. The molecule has 18 heavy (non-hydrogen) atoms. The van der Waals surface area contributed by atoms with E-state index < -0.39 is 0 Å². The average molecular weight is 258 g/mol. The van der Waals surface area contributed by atoms with Crippen LogP contribution in [-0.4, -0.2) is 36.6 Å². The second kappa shape index (κ2) is 7.92. The number of amides is 1.